The van der Waals surface area contributed by atoms with E-state index >= 15 is 0 Å². The fourth-order valence-corrected chi connectivity index (χ4v) is 3.97. The summed E-state index contributed by atoms with van der Waals surface area (Å²) in [6.45, 7) is 7.55. The van der Waals surface area contributed by atoms with Crippen molar-refractivity contribution in [1.29, 1.82) is 0 Å². The topological polar surface area (TPSA) is 135 Å². The number of carboxylic acid groups (broad SMARTS) is 2. The molecule has 1 aromatic heterocycles. The molecule has 1 saturated heterocycles. The fourth-order valence-electron chi connectivity index (χ4n) is 3.97. The van der Waals surface area contributed by atoms with E-state index in [-0.39, 0.29) is 0 Å². The number of hydrogen-bond acceptors (Lipinski definition) is 8. The van der Waals surface area contributed by atoms with E-state index in [0.29, 0.717) is 13.2 Å². The molecule has 3 N–H and O–H groups in total. The molecule has 2 aliphatic rings. The quantitative estimate of drug-likeness (QED) is 0.319. The summed E-state index contributed by atoms with van der Waals surface area (Å²) in [6, 6.07) is 16.3. The standard InChI is InChI=1S/C24H28N4O3.C2H2O4/c1-2-4-21(5-3-1)28-18-20(17-25-8-9-27-10-12-29-13-11-27)24(26-28)19-6-7-22-23(16-19)31-15-14-30-22;3-1(4)2(5)6/h1-7,16,18,25H,8-15,17H2;(H,3,4)(H,5,6). The van der Waals surface area contributed by atoms with Crippen LogP contribution in [0.25, 0.3) is 16.9 Å². The van der Waals surface area contributed by atoms with Gasteiger partial charge in [0.05, 0.1) is 24.6 Å². The van der Waals surface area contributed by atoms with E-state index in [2.05, 4.69) is 34.6 Å². The number of carbonyl (C=O) groups is 2. The van der Waals surface area contributed by atoms with Gasteiger partial charge in [-0.25, -0.2) is 14.3 Å². The minimum atomic E-state index is -1.82. The Labute approximate surface area is 214 Å². The SMILES string of the molecule is O=C(O)C(=O)O.c1ccc(-n2cc(CNCCN3CCOCC3)c(-c3ccc4c(c3)OCCO4)n2)cc1. The second-order valence-electron chi connectivity index (χ2n) is 8.38. The van der Waals surface area contributed by atoms with Crippen molar-refractivity contribution in [3.63, 3.8) is 0 Å². The number of nitrogens with zero attached hydrogens (tertiary/aromatic N) is 3. The first-order chi connectivity index (χ1) is 18.0. The third-order valence-corrected chi connectivity index (χ3v) is 5.83. The van der Waals surface area contributed by atoms with Crippen molar-refractivity contribution < 1.29 is 34.0 Å². The molecular formula is C26H30N4O7. The van der Waals surface area contributed by atoms with Crippen LogP contribution in [0.15, 0.2) is 54.7 Å². The lowest BCUT2D eigenvalue weighted by Crippen LogP contribution is -2.40. The number of ether oxygens (including phenoxy) is 3. The monoisotopic (exact) mass is 510 g/mol. The Hall–Kier alpha value is -3.93. The third kappa shape index (κ3) is 7.29. The number of benzene rings is 2. The second-order valence-corrected chi connectivity index (χ2v) is 8.38. The Kier molecular flexibility index (Phi) is 9.08. The minimum absolute atomic E-state index is 0.574. The van der Waals surface area contributed by atoms with Crippen LogP contribution < -0.4 is 14.8 Å². The van der Waals surface area contributed by atoms with Crippen LogP contribution in [0.3, 0.4) is 0 Å². The lowest BCUT2D eigenvalue weighted by molar-refractivity contribution is -0.159. The molecule has 11 nitrogen and oxygen atoms in total. The van der Waals surface area contributed by atoms with Gasteiger partial charge in [0.25, 0.3) is 0 Å². The van der Waals surface area contributed by atoms with Gasteiger partial charge in [-0.05, 0) is 30.3 Å². The number of morpholine rings is 1. The molecule has 0 bridgehead atoms. The number of carboxylic acids is 2. The van der Waals surface area contributed by atoms with Gasteiger partial charge in [-0.1, -0.05) is 18.2 Å². The summed E-state index contributed by atoms with van der Waals surface area (Å²) in [5, 5.41) is 23.3. The number of aromatic nitrogens is 2. The minimum Gasteiger partial charge on any atom is -0.486 e. The van der Waals surface area contributed by atoms with Gasteiger partial charge in [-0.15, -0.1) is 0 Å². The molecule has 196 valence electrons. The van der Waals surface area contributed by atoms with Gasteiger partial charge < -0.3 is 29.7 Å². The van der Waals surface area contributed by atoms with E-state index in [9.17, 15) is 0 Å². The molecule has 0 unspecified atom stereocenters. The van der Waals surface area contributed by atoms with Crippen LogP contribution in [-0.2, 0) is 20.9 Å². The van der Waals surface area contributed by atoms with Crippen LogP contribution in [0.4, 0.5) is 0 Å². The Morgan fingerprint density at radius 1 is 0.919 bits per heavy atom. The lowest BCUT2D eigenvalue weighted by Gasteiger charge is -2.26. The summed E-state index contributed by atoms with van der Waals surface area (Å²) in [5.41, 5.74) is 4.19. The largest absolute Gasteiger partial charge is 0.486 e. The van der Waals surface area contributed by atoms with Gasteiger partial charge in [0.15, 0.2) is 11.5 Å². The lowest BCUT2D eigenvalue weighted by atomic mass is 10.1. The normalized spacial score (nSPS) is 14.9. The summed E-state index contributed by atoms with van der Waals surface area (Å²) in [5.74, 6) is -2.07. The van der Waals surface area contributed by atoms with Crippen molar-refractivity contribution in [2.75, 3.05) is 52.6 Å². The Morgan fingerprint density at radius 2 is 1.62 bits per heavy atom. The first-order valence-electron chi connectivity index (χ1n) is 12.0. The maximum atomic E-state index is 9.10. The second kappa shape index (κ2) is 12.9. The maximum absolute atomic E-state index is 9.10. The highest BCUT2D eigenvalue weighted by atomic mass is 16.6. The number of para-hydroxylation sites is 1. The van der Waals surface area contributed by atoms with Crippen LogP contribution in [-0.4, -0.2) is 89.4 Å². The molecule has 0 spiro atoms. The molecule has 0 saturated carbocycles. The third-order valence-electron chi connectivity index (χ3n) is 5.83. The molecule has 1 fully saturated rings. The summed E-state index contributed by atoms with van der Waals surface area (Å²) in [7, 11) is 0. The Balaban J connectivity index is 0.000000480. The zero-order valence-electron chi connectivity index (χ0n) is 20.3. The van der Waals surface area contributed by atoms with Crippen molar-refractivity contribution in [3.05, 3.63) is 60.3 Å². The highest BCUT2D eigenvalue weighted by molar-refractivity contribution is 6.27. The smallest absolute Gasteiger partial charge is 0.414 e. The van der Waals surface area contributed by atoms with Crippen LogP contribution in [0, 0.1) is 0 Å². The van der Waals surface area contributed by atoms with Gasteiger partial charge in [-0.3, -0.25) is 4.90 Å². The number of fused-ring (bicyclic) bond motifs is 1. The van der Waals surface area contributed by atoms with Gasteiger partial charge in [0.2, 0.25) is 0 Å². The average Bonchev–Trinajstić information content (AvgIpc) is 3.36. The summed E-state index contributed by atoms with van der Waals surface area (Å²) >= 11 is 0. The van der Waals surface area contributed by atoms with Gasteiger partial charge in [0.1, 0.15) is 13.2 Å². The fraction of sp³-hybridized carbons (Fsp3) is 0.346. The Morgan fingerprint density at radius 3 is 2.32 bits per heavy atom. The molecule has 2 aliphatic heterocycles. The molecular weight excluding hydrogens is 480 g/mol. The van der Waals surface area contributed by atoms with E-state index in [1.54, 1.807) is 0 Å². The van der Waals surface area contributed by atoms with Gasteiger partial charge in [0, 0.05) is 50.0 Å². The van der Waals surface area contributed by atoms with E-state index < -0.39 is 11.9 Å². The van der Waals surface area contributed by atoms with Crippen LogP contribution in [0.5, 0.6) is 11.5 Å². The number of aliphatic carboxylic acids is 2. The van der Waals surface area contributed by atoms with Crippen LogP contribution in [0.1, 0.15) is 5.56 Å². The Bertz CT molecular complexity index is 1180. The zero-order valence-corrected chi connectivity index (χ0v) is 20.3. The number of hydrogen-bond donors (Lipinski definition) is 3. The van der Waals surface area contributed by atoms with E-state index in [1.165, 1.54) is 0 Å². The molecule has 3 heterocycles. The van der Waals surface area contributed by atoms with E-state index in [4.69, 9.17) is 39.1 Å². The number of rotatable bonds is 7. The highest BCUT2D eigenvalue weighted by Gasteiger charge is 2.17. The first-order valence-corrected chi connectivity index (χ1v) is 12.0. The van der Waals surface area contributed by atoms with E-state index in [1.807, 2.05) is 35.0 Å². The van der Waals surface area contributed by atoms with Gasteiger partial charge in [-0.2, -0.15) is 5.10 Å². The molecule has 0 amide bonds. The molecule has 0 atom stereocenters. The van der Waals surface area contributed by atoms with Crippen molar-refractivity contribution in [1.82, 2.24) is 20.0 Å². The number of nitrogens with one attached hydrogen (secondary N) is 1. The molecule has 5 rings (SSSR count). The molecule has 37 heavy (non-hydrogen) atoms. The molecule has 0 aliphatic carbocycles. The molecule has 3 aromatic rings. The van der Waals surface area contributed by atoms with Crippen molar-refractivity contribution in [3.8, 4) is 28.4 Å². The first kappa shape index (κ1) is 26.1. The predicted molar refractivity (Wildman–Crippen MR) is 134 cm³/mol. The maximum Gasteiger partial charge on any atom is 0.414 e. The molecule has 2 aromatic carbocycles. The van der Waals surface area contributed by atoms with Crippen LogP contribution in [0.2, 0.25) is 0 Å². The highest BCUT2D eigenvalue weighted by Crippen LogP contribution is 2.35. The zero-order chi connectivity index (χ0) is 26.0. The van der Waals surface area contributed by atoms with Crippen molar-refractivity contribution in [2.24, 2.45) is 0 Å². The summed E-state index contributed by atoms with van der Waals surface area (Å²) < 4.78 is 18.9. The van der Waals surface area contributed by atoms with Gasteiger partial charge >= 0.3 is 11.9 Å². The average molecular weight is 511 g/mol. The summed E-state index contributed by atoms with van der Waals surface area (Å²) in [6.07, 6.45) is 2.11. The van der Waals surface area contributed by atoms with Crippen molar-refractivity contribution >= 4 is 11.9 Å². The van der Waals surface area contributed by atoms with Crippen molar-refractivity contribution in [2.45, 2.75) is 6.54 Å². The summed E-state index contributed by atoms with van der Waals surface area (Å²) in [4.78, 5) is 20.6. The molecule has 11 heteroatoms. The van der Waals surface area contributed by atoms with E-state index in [0.717, 1.165) is 79.9 Å². The predicted octanol–water partition coefficient (Wildman–Crippen LogP) is 1.89. The molecule has 0 radical (unpaired) electrons. The van der Waals surface area contributed by atoms with Crippen LogP contribution >= 0.6 is 0 Å².